The van der Waals surface area contributed by atoms with Crippen molar-refractivity contribution in [3.05, 3.63) is 58.9 Å². The number of nitrogens with one attached hydrogen (secondary N) is 2. The van der Waals surface area contributed by atoms with Crippen molar-refractivity contribution in [2.24, 2.45) is 4.99 Å². The van der Waals surface area contributed by atoms with E-state index < -0.39 is 0 Å². The van der Waals surface area contributed by atoms with Gasteiger partial charge in [0.05, 0.1) is 13.2 Å². The van der Waals surface area contributed by atoms with E-state index in [1.165, 1.54) is 0 Å². The van der Waals surface area contributed by atoms with E-state index in [1.807, 2.05) is 37.3 Å². The molecule has 0 fully saturated rings. The largest absolute Gasteiger partial charge is 0.491 e. The number of benzene rings is 1. The molecule has 0 unspecified atom stereocenters. The van der Waals surface area contributed by atoms with E-state index in [0.717, 1.165) is 42.3 Å². The Hall–Kier alpha value is -1.58. The van der Waals surface area contributed by atoms with Gasteiger partial charge in [0.15, 0.2) is 5.96 Å². The van der Waals surface area contributed by atoms with Crippen LogP contribution in [0.5, 0.6) is 5.75 Å². The quantitative estimate of drug-likeness (QED) is 0.165. The SMILES string of the molecule is CCNC(=NCc1ccc(OCCOC)cc1)NCCc1ccc(Cl)nc1.I. The van der Waals surface area contributed by atoms with E-state index in [-0.39, 0.29) is 24.0 Å². The fourth-order valence-electron chi connectivity index (χ4n) is 2.33. The van der Waals surface area contributed by atoms with Gasteiger partial charge in [0, 0.05) is 26.4 Å². The summed E-state index contributed by atoms with van der Waals surface area (Å²) in [5.74, 6) is 1.63. The molecule has 0 radical (unpaired) electrons. The van der Waals surface area contributed by atoms with Gasteiger partial charge < -0.3 is 20.1 Å². The highest BCUT2D eigenvalue weighted by Crippen LogP contribution is 2.12. The highest BCUT2D eigenvalue weighted by molar-refractivity contribution is 14.0. The molecule has 8 heteroatoms. The first kappa shape index (κ1) is 24.5. The van der Waals surface area contributed by atoms with Crippen molar-refractivity contribution >= 4 is 41.5 Å². The average molecular weight is 519 g/mol. The van der Waals surface area contributed by atoms with E-state index in [2.05, 4.69) is 20.6 Å². The summed E-state index contributed by atoms with van der Waals surface area (Å²) in [5, 5.41) is 7.11. The van der Waals surface area contributed by atoms with Gasteiger partial charge in [-0.3, -0.25) is 0 Å². The predicted octanol–water partition coefficient (Wildman–Crippen LogP) is 3.68. The van der Waals surface area contributed by atoms with Crippen LogP contribution in [-0.4, -0.2) is 44.4 Å². The van der Waals surface area contributed by atoms with E-state index in [4.69, 9.17) is 21.1 Å². The molecule has 0 aliphatic rings. The standard InChI is InChI=1S/C20H27ClN4O2.HI/c1-3-22-20(23-11-10-17-6-9-19(21)24-14-17)25-15-16-4-7-18(8-5-16)27-13-12-26-2;/h4-9,14H,3,10-13,15H2,1-2H3,(H2,22,23,25);1H. The van der Waals surface area contributed by atoms with Crippen LogP contribution < -0.4 is 15.4 Å². The highest BCUT2D eigenvalue weighted by atomic mass is 127. The maximum absolute atomic E-state index is 5.81. The third-order valence-corrected chi connectivity index (χ3v) is 3.96. The first-order valence-electron chi connectivity index (χ1n) is 9.04. The second kappa shape index (κ2) is 14.4. The molecule has 1 aromatic carbocycles. The molecule has 2 rings (SSSR count). The van der Waals surface area contributed by atoms with E-state index in [9.17, 15) is 0 Å². The Morgan fingerprint density at radius 2 is 1.82 bits per heavy atom. The third-order valence-electron chi connectivity index (χ3n) is 3.74. The summed E-state index contributed by atoms with van der Waals surface area (Å²) in [4.78, 5) is 8.73. The molecule has 1 heterocycles. The number of rotatable bonds is 10. The van der Waals surface area contributed by atoms with Gasteiger partial charge in [-0.05, 0) is 42.7 Å². The van der Waals surface area contributed by atoms with E-state index >= 15 is 0 Å². The Morgan fingerprint density at radius 3 is 2.46 bits per heavy atom. The lowest BCUT2D eigenvalue weighted by Crippen LogP contribution is -2.38. The molecule has 2 N–H and O–H groups in total. The number of pyridine rings is 1. The van der Waals surface area contributed by atoms with Crippen LogP contribution in [0.25, 0.3) is 0 Å². The molecule has 0 spiro atoms. The lowest BCUT2D eigenvalue weighted by atomic mass is 10.2. The number of hydrogen-bond donors (Lipinski definition) is 2. The lowest BCUT2D eigenvalue weighted by molar-refractivity contribution is 0.146. The van der Waals surface area contributed by atoms with Crippen LogP contribution in [0.4, 0.5) is 0 Å². The second-order valence-corrected chi connectivity index (χ2v) is 6.23. The van der Waals surface area contributed by atoms with Gasteiger partial charge in [0.2, 0.25) is 0 Å². The van der Waals surface area contributed by atoms with Crippen LogP contribution >= 0.6 is 35.6 Å². The summed E-state index contributed by atoms with van der Waals surface area (Å²) in [7, 11) is 1.66. The number of hydrogen-bond acceptors (Lipinski definition) is 4. The number of methoxy groups -OCH3 is 1. The zero-order valence-electron chi connectivity index (χ0n) is 16.3. The summed E-state index contributed by atoms with van der Waals surface area (Å²) in [6.07, 6.45) is 2.65. The minimum atomic E-state index is 0. The molecule has 6 nitrogen and oxygen atoms in total. The summed E-state index contributed by atoms with van der Waals surface area (Å²) in [6, 6.07) is 11.7. The number of guanidine groups is 1. The number of halogens is 2. The first-order valence-corrected chi connectivity index (χ1v) is 9.42. The molecule has 28 heavy (non-hydrogen) atoms. The average Bonchev–Trinajstić information content (AvgIpc) is 2.69. The van der Waals surface area contributed by atoms with Gasteiger partial charge in [0.25, 0.3) is 0 Å². The Morgan fingerprint density at radius 1 is 1.07 bits per heavy atom. The summed E-state index contributed by atoms with van der Waals surface area (Å²) < 4.78 is 10.5. The first-order chi connectivity index (χ1) is 13.2. The van der Waals surface area contributed by atoms with Crippen molar-refractivity contribution in [3.8, 4) is 5.75 Å². The molecule has 0 saturated heterocycles. The number of nitrogens with zero attached hydrogens (tertiary/aromatic N) is 2. The topological polar surface area (TPSA) is 67.8 Å². The molecule has 0 amide bonds. The molecule has 0 aliphatic heterocycles. The number of aliphatic imine (C=N–C) groups is 1. The normalized spacial score (nSPS) is 10.9. The van der Waals surface area contributed by atoms with Crippen molar-refractivity contribution in [3.63, 3.8) is 0 Å². The zero-order chi connectivity index (χ0) is 19.3. The molecule has 1 aromatic heterocycles. The van der Waals surface area contributed by atoms with Crippen LogP contribution in [0.3, 0.4) is 0 Å². The minimum Gasteiger partial charge on any atom is -0.491 e. The van der Waals surface area contributed by atoms with Crippen molar-refractivity contribution in [1.82, 2.24) is 15.6 Å². The molecule has 2 aromatic rings. The Bertz CT molecular complexity index is 696. The van der Waals surface area contributed by atoms with Crippen LogP contribution in [0, 0.1) is 0 Å². The molecule has 0 atom stereocenters. The monoisotopic (exact) mass is 518 g/mol. The Kier molecular flexibility index (Phi) is 12.6. The van der Waals surface area contributed by atoms with Gasteiger partial charge >= 0.3 is 0 Å². The van der Waals surface area contributed by atoms with Gasteiger partial charge in [-0.2, -0.15) is 0 Å². The van der Waals surface area contributed by atoms with E-state index in [0.29, 0.717) is 24.9 Å². The van der Waals surface area contributed by atoms with Crippen molar-refractivity contribution in [2.45, 2.75) is 19.9 Å². The van der Waals surface area contributed by atoms with Gasteiger partial charge in [-0.1, -0.05) is 29.8 Å². The summed E-state index contributed by atoms with van der Waals surface area (Å²) in [6.45, 7) is 5.34. The van der Waals surface area contributed by atoms with Crippen LogP contribution in [0.1, 0.15) is 18.1 Å². The molecule has 0 bridgehead atoms. The maximum atomic E-state index is 5.81. The Balaban J connectivity index is 0.00000392. The maximum Gasteiger partial charge on any atom is 0.191 e. The van der Waals surface area contributed by atoms with Gasteiger partial charge in [0.1, 0.15) is 17.5 Å². The number of aromatic nitrogens is 1. The minimum absolute atomic E-state index is 0. The predicted molar refractivity (Wildman–Crippen MR) is 125 cm³/mol. The second-order valence-electron chi connectivity index (χ2n) is 5.85. The molecule has 0 saturated carbocycles. The molecule has 0 aliphatic carbocycles. The highest BCUT2D eigenvalue weighted by Gasteiger charge is 2.00. The fourth-order valence-corrected chi connectivity index (χ4v) is 2.44. The van der Waals surface area contributed by atoms with Crippen LogP contribution in [0.2, 0.25) is 5.15 Å². The fraction of sp³-hybridized carbons (Fsp3) is 0.400. The van der Waals surface area contributed by atoms with Crippen molar-refractivity contribution in [1.29, 1.82) is 0 Å². The molecule has 154 valence electrons. The van der Waals surface area contributed by atoms with Gasteiger partial charge in [-0.25, -0.2) is 9.98 Å². The molecular weight excluding hydrogens is 491 g/mol. The van der Waals surface area contributed by atoms with Crippen LogP contribution in [-0.2, 0) is 17.7 Å². The van der Waals surface area contributed by atoms with Crippen molar-refractivity contribution in [2.75, 3.05) is 33.4 Å². The number of ether oxygens (including phenoxy) is 2. The van der Waals surface area contributed by atoms with Gasteiger partial charge in [-0.15, -0.1) is 24.0 Å². The third kappa shape index (κ3) is 9.57. The van der Waals surface area contributed by atoms with Crippen molar-refractivity contribution < 1.29 is 9.47 Å². The molecular formula is C20H28ClIN4O2. The lowest BCUT2D eigenvalue weighted by Gasteiger charge is -2.11. The smallest absolute Gasteiger partial charge is 0.191 e. The van der Waals surface area contributed by atoms with E-state index in [1.54, 1.807) is 19.4 Å². The summed E-state index contributed by atoms with van der Waals surface area (Å²) >= 11 is 5.81. The van der Waals surface area contributed by atoms with Crippen LogP contribution in [0.15, 0.2) is 47.6 Å². The Labute approximate surface area is 189 Å². The zero-order valence-corrected chi connectivity index (χ0v) is 19.4. The summed E-state index contributed by atoms with van der Waals surface area (Å²) in [5.41, 5.74) is 2.25.